The van der Waals surface area contributed by atoms with Crippen LogP contribution in [0.2, 0.25) is 0 Å². The summed E-state index contributed by atoms with van der Waals surface area (Å²) in [5, 5.41) is 21.0. The normalized spacial score (nSPS) is 22.4. The highest BCUT2D eigenvalue weighted by atomic mass is 32.2. The molecular weight excluding hydrogens is 1200 g/mol. The summed E-state index contributed by atoms with van der Waals surface area (Å²) in [5.74, 6) is 0.527. The number of fused-ring (bicyclic) bond motifs is 4. The third kappa shape index (κ3) is 10.6. The molecule has 5 aliphatic carbocycles. The van der Waals surface area contributed by atoms with Crippen molar-refractivity contribution in [2.45, 2.75) is 173 Å². The van der Waals surface area contributed by atoms with Crippen LogP contribution in [0.15, 0.2) is 80.5 Å². The van der Waals surface area contributed by atoms with E-state index >= 15 is 0 Å². The molecule has 4 amide bonds. The molecule has 84 heavy (non-hydrogen) atoms. The zero-order chi connectivity index (χ0) is 57.4. The minimum Gasteiger partial charge on any atom is -0.346 e. The molecule has 21 heteroatoms. The van der Waals surface area contributed by atoms with Crippen LogP contribution in [0.4, 0.5) is 0 Å². The zero-order valence-electron chi connectivity index (χ0n) is 47.6. The van der Waals surface area contributed by atoms with Gasteiger partial charge >= 0.3 is 0 Å². The van der Waals surface area contributed by atoms with Crippen LogP contribution in [0.5, 0.6) is 0 Å². The number of allylic oxidation sites excluding steroid dienone is 3. The van der Waals surface area contributed by atoms with Gasteiger partial charge in [-0.2, -0.15) is 5.10 Å². The van der Waals surface area contributed by atoms with Crippen molar-refractivity contribution in [3.8, 4) is 10.6 Å². The van der Waals surface area contributed by atoms with Gasteiger partial charge in [-0.05, 0) is 168 Å². The summed E-state index contributed by atoms with van der Waals surface area (Å²) in [6.07, 6.45) is 43.4. The molecule has 0 unspecified atom stereocenters. The summed E-state index contributed by atoms with van der Waals surface area (Å²) in [6.45, 7) is 2.32. The van der Waals surface area contributed by atoms with Crippen molar-refractivity contribution in [3.05, 3.63) is 108 Å². The van der Waals surface area contributed by atoms with Gasteiger partial charge in [-0.25, -0.2) is 0 Å². The van der Waals surface area contributed by atoms with Crippen LogP contribution < -0.4 is 21.3 Å². The van der Waals surface area contributed by atoms with Gasteiger partial charge in [0.05, 0.1) is 101 Å². The summed E-state index contributed by atoms with van der Waals surface area (Å²) < 4.78 is 4.60. The number of hydrogen-bond acceptors (Lipinski definition) is 16. The number of aromatic nitrogens is 2. The number of amides is 4. The number of carbonyl (C=O) groups excluding carboxylic acids is 4. The minimum atomic E-state index is 0.0124. The van der Waals surface area contributed by atoms with Crippen LogP contribution in [0, 0.1) is 0 Å². The molecule has 5 saturated carbocycles. The number of thiophene rings is 4. The maximum atomic E-state index is 12.9. The first-order chi connectivity index (χ1) is 40.9. The molecule has 0 saturated heterocycles. The number of aromatic amines is 1. The molecule has 5 N–H and O–H groups in total. The summed E-state index contributed by atoms with van der Waals surface area (Å²) in [6, 6.07) is 2.02. The van der Waals surface area contributed by atoms with Gasteiger partial charge in [-0.3, -0.25) is 39.3 Å². The lowest BCUT2D eigenvalue weighted by Crippen LogP contribution is -2.57. The van der Waals surface area contributed by atoms with E-state index in [2.05, 4.69) is 89.2 Å². The predicted octanol–water partition coefficient (Wildman–Crippen LogP) is 13.5. The van der Waals surface area contributed by atoms with E-state index in [1.165, 1.54) is 97.3 Å². The van der Waals surface area contributed by atoms with E-state index in [0.717, 1.165) is 154 Å². The molecule has 0 radical (unpaired) electrons. The average Bonchev–Trinajstić information content (AvgIpc) is 1.93. The molecule has 4 spiro atoms. The summed E-state index contributed by atoms with van der Waals surface area (Å²) in [4.78, 5) is 69.1. The van der Waals surface area contributed by atoms with E-state index in [1.54, 1.807) is 86.8 Å². The quantitative estimate of drug-likeness (QED) is 0.0897. The minimum absolute atomic E-state index is 0.0124. The fraction of sp³-hybridized carbons (Fsp3) is 0.492. The maximum absolute atomic E-state index is 12.9. The Morgan fingerprint density at radius 1 is 0.452 bits per heavy atom. The molecule has 7 aliphatic heterocycles. The van der Waals surface area contributed by atoms with E-state index in [1.807, 2.05) is 30.3 Å². The fourth-order valence-electron chi connectivity index (χ4n) is 14.2. The molecule has 5 aromatic heterocycles. The Labute approximate surface area is 524 Å². The van der Waals surface area contributed by atoms with Crippen molar-refractivity contribution in [1.29, 1.82) is 0 Å². The van der Waals surface area contributed by atoms with Gasteiger partial charge in [0.25, 0.3) is 23.6 Å². The molecule has 13 nitrogen and oxygen atoms in total. The van der Waals surface area contributed by atoms with Gasteiger partial charge < -0.3 is 21.3 Å². The molecule has 438 valence electrons. The number of nitrogens with one attached hydrogen (secondary N) is 5. The monoisotopic (exact) mass is 1270 g/mol. The van der Waals surface area contributed by atoms with Gasteiger partial charge in [-0.1, -0.05) is 43.9 Å². The average molecular weight is 1270 g/mol. The van der Waals surface area contributed by atoms with Crippen LogP contribution in [0.25, 0.3) is 10.6 Å². The lowest BCUT2D eigenvalue weighted by Gasteiger charge is -2.45. The molecule has 0 bridgehead atoms. The van der Waals surface area contributed by atoms with Gasteiger partial charge in [0.1, 0.15) is 0 Å². The van der Waals surface area contributed by atoms with Crippen molar-refractivity contribution in [1.82, 2.24) is 31.5 Å². The highest BCUT2D eigenvalue weighted by molar-refractivity contribution is 8.02. The fourth-order valence-corrected chi connectivity index (χ4v) is 23.4. The van der Waals surface area contributed by atoms with E-state index in [-0.39, 0.29) is 45.8 Å². The van der Waals surface area contributed by atoms with Crippen LogP contribution in [-0.4, -0.2) is 117 Å². The summed E-state index contributed by atoms with van der Waals surface area (Å²) >= 11 is 13.9. The van der Waals surface area contributed by atoms with Gasteiger partial charge in [-0.15, -0.1) is 92.4 Å². The number of nitrogens with zero attached hydrogens (tertiary/aromatic N) is 4. The third-order valence-corrected chi connectivity index (χ3v) is 28.9. The second kappa shape index (κ2) is 23.2. The number of carbonyl (C=O) groups is 4. The number of hydrogen-bond donors (Lipinski definition) is 5. The maximum Gasteiger partial charge on any atom is 0.254 e. The Kier molecular flexibility index (Phi) is 15.8. The summed E-state index contributed by atoms with van der Waals surface area (Å²) in [7, 11) is 0. The Balaban J connectivity index is 0.0000000999. The van der Waals surface area contributed by atoms with Crippen molar-refractivity contribution >= 4 is 133 Å². The van der Waals surface area contributed by atoms with Crippen LogP contribution in [-0.2, 0) is 25.7 Å². The van der Waals surface area contributed by atoms with Crippen LogP contribution >= 0.6 is 92.4 Å². The molecule has 12 heterocycles. The first-order valence-corrected chi connectivity index (χ1v) is 37.6. The first kappa shape index (κ1) is 57.3. The van der Waals surface area contributed by atoms with Crippen molar-refractivity contribution < 1.29 is 19.2 Å². The number of aliphatic imine (C=N–C) groups is 3. The van der Waals surface area contributed by atoms with Crippen LogP contribution in [0.3, 0.4) is 0 Å². The number of rotatable bonds is 9. The largest absolute Gasteiger partial charge is 0.346 e. The summed E-state index contributed by atoms with van der Waals surface area (Å²) in [5.41, 5.74) is 13.1. The van der Waals surface area contributed by atoms with Crippen LogP contribution in [0.1, 0.15) is 181 Å². The number of H-pyrrole nitrogens is 1. The topological polar surface area (TPSA) is 182 Å². The predicted molar refractivity (Wildman–Crippen MR) is 351 cm³/mol. The second-order valence-electron chi connectivity index (χ2n) is 24.3. The lowest BCUT2D eigenvalue weighted by atomic mass is 9.70. The molecule has 5 aromatic rings. The number of thioether (sulfide) groups is 4. The SMILES string of the molecule is CSc1sc(C2=NCC=C2)c2c1C(=O)NC1(CC1)C2.CSc1sc(C2=NCC=C2)c2c1C(=O)NC1(CCC1)C2.CSc1sc(C2=NCC=C2)c2c1C(=O)NC1(CCCC1)C2.O=C1NC2(CCC2)Cc2c(-c3ccn[nH]3)sc(SC3CCCC3)c21. The van der Waals surface area contributed by atoms with Crippen molar-refractivity contribution in [2.75, 3.05) is 38.4 Å². The van der Waals surface area contributed by atoms with E-state index in [4.69, 9.17) is 0 Å². The van der Waals surface area contributed by atoms with Gasteiger partial charge in [0.15, 0.2) is 0 Å². The zero-order valence-corrected chi connectivity index (χ0v) is 54.2. The van der Waals surface area contributed by atoms with E-state index in [9.17, 15) is 19.2 Å². The second-order valence-corrected chi connectivity index (χ2v) is 33.2. The molecule has 12 aliphatic rings. The molecule has 5 fully saturated rings. The standard InChI is InChI=1S/C18H21N3OS2.C16H18N2OS2.C15H16N2OS2.C14H14N2OS2/c22-16-14-12(10-18(20-16)7-3-8-18)15(13-6-9-19-21-13)24-17(14)23-11-4-1-2-5-11;1-20-15-12-10(13(21-15)11-5-4-8-17-11)9-16(18-14(12)19)6-2-3-7-16;1-19-14-11-9(12(20-14)10-4-2-7-16-10)8-15(5-3-6-15)17-13(11)18;1-18-13-10-8(7-14(4-5-14)16-12(10)17)11(19-13)9-3-2-6-15-9/h6,9,11H,1-5,7-8,10H2,(H,19,21)(H,20,22);4-5H,2-3,6-9H2,1H3,(H,18,19);2,4H,3,5-8H2,1H3,(H,17,18);2-3H,4-7H2,1H3,(H,16,17). The Morgan fingerprint density at radius 2 is 0.810 bits per heavy atom. The smallest absolute Gasteiger partial charge is 0.254 e. The third-order valence-electron chi connectivity index (χ3n) is 18.9. The molecule has 17 rings (SSSR count). The first-order valence-electron chi connectivity index (χ1n) is 29.8. The Morgan fingerprint density at radius 3 is 1.13 bits per heavy atom. The molecule has 0 aromatic carbocycles. The van der Waals surface area contributed by atoms with Crippen molar-refractivity contribution in [3.63, 3.8) is 0 Å². The van der Waals surface area contributed by atoms with E-state index in [0.29, 0.717) is 5.25 Å². The molecular formula is C63H69N9O4S8. The highest BCUT2D eigenvalue weighted by Crippen LogP contribution is 2.52. The lowest BCUT2D eigenvalue weighted by molar-refractivity contribution is 0.0784. The van der Waals surface area contributed by atoms with Gasteiger partial charge in [0, 0.05) is 33.6 Å². The highest BCUT2D eigenvalue weighted by Gasteiger charge is 2.51. The Hall–Kier alpha value is -4.48. The Bertz CT molecular complexity index is 3680. The molecule has 0 atom stereocenters. The van der Waals surface area contributed by atoms with E-state index < -0.39 is 0 Å². The van der Waals surface area contributed by atoms with Crippen molar-refractivity contribution in [2.24, 2.45) is 15.0 Å². The van der Waals surface area contributed by atoms with Gasteiger partial charge in [0.2, 0.25) is 0 Å².